The zero-order valence-electron chi connectivity index (χ0n) is 23.9. The molecule has 10 nitrogen and oxygen atoms in total. The number of rotatable bonds is 8. The summed E-state index contributed by atoms with van der Waals surface area (Å²) in [5.41, 5.74) is 4.52. The van der Waals surface area contributed by atoms with Gasteiger partial charge >= 0.3 is 12.4 Å². The summed E-state index contributed by atoms with van der Waals surface area (Å²) in [4.78, 5) is 35.5. The van der Waals surface area contributed by atoms with Gasteiger partial charge in [0.2, 0.25) is 5.91 Å². The standard InChI is InChI=1S/C30H28F3N7O3S/c1-18(2)24-13-4-19(3)14-25(24)40-27(41)16-44-29(40)37-28(42)36-21-7-5-20(6-8-21)34-15-26-35-17-39(38-26)22-9-11-23(12-10-22)43-30(31,32)33/h4-14,17-18,34H,15-16H2,1-3H3,(H,36,42)/b37-29-. The Balaban J connectivity index is 1.18. The number of anilines is 3. The molecule has 2 heterocycles. The fourth-order valence-electron chi connectivity index (χ4n) is 4.41. The molecule has 1 aromatic heterocycles. The van der Waals surface area contributed by atoms with E-state index in [4.69, 9.17) is 0 Å². The Morgan fingerprint density at radius 2 is 1.77 bits per heavy atom. The molecule has 1 aliphatic rings. The molecule has 0 bridgehead atoms. The first kappa shape index (κ1) is 30.6. The van der Waals surface area contributed by atoms with Crippen LogP contribution in [0.4, 0.5) is 35.0 Å². The number of thioether (sulfide) groups is 1. The van der Waals surface area contributed by atoms with E-state index in [1.165, 1.54) is 51.9 Å². The van der Waals surface area contributed by atoms with Crippen molar-refractivity contribution in [2.24, 2.45) is 4.99 Å². The van der Waals surface area contributed by atoms with Gasteiger partial charge in [-0.25, -0.2) is 14.5 Å². The maximum Gasteiger partial charge on any atom is 0.573 e. The highest BCUT2D eigenvalue weighted by Crippen LogP contribution is 2.34. The summed E-state index contributed by atoms with van der Waals surface area (Å²) in [6.07, 6.45) is -3.31. The van der Waals surface area contributed by atoms with Crippen molar-refractivity contribution in [3.63, 3.8) is 0 Å². The van der Waals surface area contributed by atoms with Crippen molar-refractivity contribution in [2.75, 3.05) is 21.3 Å². The molecule has 14 heteroatoms. The van der Waals surface area contributed by atoms with Gasteiger partial charge in [0.15, 0.2) is 11.0 Å². The minimum absolute atomic E-state index is 0.128. The summed E-state index contributed by atoms with van der Waals surface area (Å²) in [6.45, 7) is 6.33. The zero-order valence-corrected chi connectivity index (χ0v) is 24.7. The summed E-state index contributed by atoms with van der Waals surface area (Å²) < 4.78 is 42.4. The summed E-state index contributed by atoms with van der Waals surface area (Å²) in [5, 5.41) is 10.6. The van der Waals surface area contributed by atoms with Crippen molar-refractivity contribution in [3.05, 3.63) is 90.0 Å². The van der Waals surface area contributed by atoms with Gasteiger partial charge in [-0.15, -0.1) is 18.3 Å². The van der Waals surface area contributed by atoms with Crippen molar-refractivity contribution in [2.45, 2.75) is 39.6 Å². The van der Waals surface area contributed by atoms with E-state index in [0.717, 1.165) is 22.5 Å². The van der Waals surface area contributed by atoms with Gasteiger partial charge in [-0.3, -0.25) is 9.69 Å². The zero-order chi connectivity index (χ0) is 31.4. The second-order valence-electron chi connectivity index (χ2n) is 10.1. The van der Waals surface area contributed by atoms with Crippen LogP contribution in [0.1, 0.15) is 36.7 Å². The first-order valence-corrected chi connectivity index (χ1v) is 14.5. The van der Waals surface area contributed by atoms with Crippen LogP contribution in [-0.2, 0) is 11.3 Å². The monoisotopic (exact) mass is 623 g/mol. The third kappa shape index (κ3) is 7.56. The van der Waals surface area contributed by atoms with E-state index in [0.29, 0.717) is 22.4 Å². The van der Waals surface area contributed by atoms with Crippen LogP contribution in [0.2, 0.25) is 0 Å². The Labute approximate surface area is 255 Å². The highest BCUT2D eigenvalue weighted by molar-refractivity contribution is 8.15. The van der Waals surface area contributed by atoms with Crippen LogP contribution in [0.5, 0.6) is 5.75 Å². The molecule has 0 radical (unpaired) electrons. The number of urea groups is 1. The molecular formula is C30H28F3N7O3S. The van der Waals surface area contributed by atoms with Crippen molar-refractivity contribution in [1.29, 1.82) is 0 Å². The highest BCUT2D eigenvalue weighted by atomic mass is 32.2. The number of amides is 3. The first-order chi connectivity index (χ1) is 20.9. The van der Waals surface area contributed by atoms with E-state index in [1.54, 1.807) is 24.3 Å². The third-order valence-corrected chi connectivity index (χ3v) is 7.40. The lowest BCUT2D eigenvalue weighted by Crippen LogP contribution is -2.31. The lowest BCUT2D eigenvalue weighted by molar-refractivity contribution is -0.274. The third-order valence-electron chi connectivity index (χ3n) is 6.47. The summed E-state index contributed by atoms with van der Waals surface area (Å²) in [5.74, 6) is 0.384. The molecular weight excluding hydrogens is 595 g/mol. The molecule has 44 heavy (non-hydrogen) atoms. The quantitative estimate of drug-likeness (QED) is 0.220. The molecule has 0 spiro atoms. The lowest BCUT2D eigenvalue weighted by atomic mass is 9.99. The SMILES string of the molecule is Cc1ccc(C(C)C)c(N2C(=O)CS/C2=N\C(=O)Nc2ccc(NCc3ncn(-c4ccc(OC(F)(F)F)cc4)n3)cc2)c1. The van der Waals surface area contributed by atoms with Gasteiger partial charge in [-0.1, -0.05) is 37.7 Å². The van der Waals surface area contributed by atoms with Crippen molar-refractivity contribution in [1.82, 2.24) is 14.8 Å². The van der Waals surface area contributed by atoms with E-state index in [1.807, 2.05) is 25.1 Å². The molecule has 2 N–H and O–H groups in total. The maximum absolute atomic E-state index is 12.8. The van der Waals surface area contributed by atoms with Crippen LogP contribution in [0.25, 0.3) is 5.69 Å². The van der Waals surface area contributed by atoms with Crippen molar-refractivity contribution in [3.8, 4) is 11.4 Å². The normalized spacial score (nSPS) is 14.4. The Morgan fingerprint density at radius 3 is 2.45 bits per heavy atom. The van der Waals surface area contributed by atoms with E-state index in [-0.39, 0.29) is 29.9 Å². The fraction of sp³-hybridized carbons (Fsp3) is 0.233. The Hall–Kier alpha value is -4.85. The Morgan fingerprint density at radius 1 is 1.07 bits per heavy atom. The van der Waals surface area contributed by atoms with Crippen LogP contribution in [0.15, 0.2) is 78.0 Å². The summed E-state index contributed by atoms with van der Waals surface area (Å²) in [6, 6.07) is 17.6. The molecule has 0 saturated carbocycles. The second-order valence-corrected chi connectivity index (χ2v) is 11.1. The number of aryl methyl sites for hydroxylation is 1. The number of carbonyl (C=O) groups is 2. The number of carbonyl (C=O) groups excluding carboxylic acids is 2. The number of amidine groups is 1. The van der Waals surface area contributed by atoms with E-state index < -0.39 is 12.4 Å². The van der Waals surface area contributed by atoms with Crippen LogP contribution >= 0.6 is 11.8 Å². The van der Waals surface area contributed by atoms with Crippen LogP contribution in [-0.4, -0.2) is 44.0 Å². The van der Waals surface area contributed by atoms with Crippen LogP contribution in [0, 0.1) is 6.92 Å². The largest absolute Gasteiger partial charge is 0.573 e. The fourth-order valence-corrected chi connectivity index (χ4v) is 5.27. The van der Waals surface area contributed by atoms with Gasteiger partial charge in [0.05, 0.1) is 23.7 Å². The highest BCUT2D eigenvalue weighted by Gasteiger charge is 2.33. The minimum atomic E-state index is -4.76. The number of alkyl halides is 3. The molecule has 0 aliphatic carbocycles. The van der Waals surface area contributed by atoms with E-state index >= 15 is 0 Å². The molecule has 4 aromatic rings. The van der Waals surface area contributed by atoms with Crippen LogP contribution < -0.4 is 20.3 Å². The number of halogens is 3. The van der Waals surface area contributed by atoms with Gasteiger partial charge in [0, 0.05) is 11.4 Å². The molecule has 0 unspecified atom stereocenters. The Kier molecular flexibility index (Phi) is 8.90. The number of nitrogens with zero attached hydrogens (tertiary/aromatic N) is 5. The number of aromatic nitrogens is 3. The maximum atomic E-state index is 12.8. The van der Waals surface area contributed by atoms with Gasteiger partial charge in [0.1, 0.15) is 12.1 Å². The molecule has 3 aromatic carbocycles. The molecule has 3 amide bonds. The van der Waals surface area contributed by atoms with Crippen molar-refractivity contribution >= 4 is 45.9 Å². The number of benzene rings is 3. The van der Waals surface area contributed by atoms with Gasteiger partial charge in [0.25, 0.3) is 0 Å². The smallest absolute Gasteiger partial charge is 0.406 e. The predicted octanol–water partition coefficient (Wildman–Crippen LogP) is 6.88. The van der Waals surface area contributed by atoms with Gasteiger partial charge in [-0.2, -0.15) is 4.99 Å². The minimum Gasteiger partial charge on any atom is -0.406 e. The first-order valence-electron chi connectivity index (χ1n) is 13.5. The Bertz CT molecular complexity index is 1690. The predicted molar refractivity (Wildman–Crippen MR) is 163 cm³/mol. The summed E-state index contributed by atoms with van der Waals surface area (Å²) in [7, 11) is 0. The van der Waals surface area contributed by atoms with Gasteiger partial charge in [-0.05, 0) is 78.6 Å². The van der Waals surface area contributed by atoms with Gasteiger partial charge < -0.3 is 15.4 Å². The molecule has 1 fully saturated rings. The van der Waals surface area contributed by atoms with Crippen LogP contribution in [0.3, 0.4) is 0 Å². The molecule has 1 aliphatic heterocycles. The second kappa shape index (κ2) is 12.8. The number of ether oxygens (including phenoxy) is 1. The number of hydrogen-bond donors (Lipinski definition) is 2. The molecule has 1 saturated heterocycles. The number of aliphatic imine (C=N–C) groups is 1. The molecule has 5 rings (SSSR count). The topological polar surface area (TPSA) is 114 Å². The van der Waals surface area contributed by atoms with Crippen molar-refractivity contribution < 1.29 is 27.5 Å². The average Bonchev–Trinajstić information content (AvgIpc) is 3.58. The summed E-state index contributed by atoms with van der Waals surface area (Å²) >= 11 is 1.22. The average molecular weight is 624 g/mol. The number of hydrogen-bond acceptors (Lipinski definition) is 7. The lowest BCUT2D eigenvalue weighted by Gasteiger charge is -2.22. The molecule has 0 atom stereocenters. The van der Waals surface area contributed by atoms with E-state index in [9.17, 15) is 22.8 Å². The molecule has 228 valence electrons. The number of nitrogens with one attached hydrogen (secondary N) is 2. The van der Waals surface area contributed by atoms with E-state index in [2.05, 4.69) is 44.3 Å².